The Bertz CT molecular complexity index is 311. The van der Waals surface area contributed by atoms with E-state index in [4.69, 9.17) is 4.74 Å². The van der Waals surface area contributed by atoms with Gasteiger partial charge in [0.15, 0.2) is 0 Å². The number of hydrogen-bond acceptors (Lipinski definition) is 2. The van der Waals surface area contributed by atoms with E-state index in [9.17, 15) is 4.79 Å². The average molecular weight is 276 g/mol. The van der Waals surface area contributed by atoms with E-state index in [1.165, 1.54) is 19.3 Å². The standard InChI is InChI=1S/C18H28O2/c19-18(15-16-11-7-3-1-4-8-12-16)20-17-13-9-5-2-6-10-14-17/h1-3,5,16-17H,4,6-15H2/b3-1-,5-2-. The Morgan fingerprint density at radius 2 is 1.50 bits per heavy atom. The van der Waals surface area contributed by atoms with Gasteiger partial charge in [-0.2, -0.15) is 0 Å². The molecule has 0 bridgehead atoms. The summed E-state index contributed by atoms with van der Waals surface area (Å²) in [5.41, 5.74) is 0. The van der Waals surface area contributed by atoms with Gasteiger partial charge in [-0.05, 0) is 70.1 Å². The fourth-order valence-corrected chi connectivity index (χ4v) is 3.15. The first-order valence-electron chi connectivity index (χ1n) is 8.34. The molecule has 0 fully saturated rings. The van der Waals surface area contributed by atoms with Gasteiger partial charge in [0.25, 0.3) is 0 Å². The highest BCUT2D eigenvalue weighted by molar-refractivity contribution is 5.69. The molecular formula is C18H28O2. The molecule has 2 aliphatic carbocycles. The maximum atomic E-state index is 12.1. The summed E-state index contributed by atoms with van der Waals surface area (Å²) in [7, 11) is 0. The van der Waals surface area contributed by atoms with E-state index in [-0.39, 0.29) is 12.1 Å². The number of allylic oxidation sites excluding steroid dienone is 4. The van der Waals surface area contributed by atoms with Crippen LogP contribution < -0.4 is 0 Å². The number of carbonyl (C=O) groups excluding carboxylic acids is 1. The van der Waals surface area contributed by atoms with Crippen molar-refractivity contribution in [3.63, 3.8) is 0 Å². The second kappa shape index (κ2) is 8.99. The van der Waals surface area contributed by atoms with E-state index in [0.29, 0.717) is 12.3 Å². The summed E-state index contributed by atoms with van der Waals surface area (Å²) >= 11 is 0. The average Bonchev–Trinajstić information content (AvgIpc) is 2.35. The van der Waals surface area contributed by atoms with Crippen molar-refractivity contribution >= 4 is 5.97 Å². The zero-order chi connectivity index (χ0) is 14.0. The number of carbonyl (C=O) groups is 1. The van der Waals surface area contributed by atoms with Crippen molar-refractivity contribution in [1.29, 1.82) is 0 Å². The molecule has 0 aromatic carbocycles. The molecule has 2 unspecified atom stereocenters. The molecule has 0 N–H and O–H groups in total. The van der Waals surface area contributed by atoms with Gasteiger partial charge in [-0.25, -0.2) is 0 Å². The molecule has 2 aliphatic rings. The topological polar surface area (TPSA) is 26.3 Å². The van der Waals surface area contributed by atoms with Crippen molar-refractivity contribution in [2.45, 2.75) is 76.7 Å². The monoisotopic (exact) mass is 276 g/mol. The van der Waals surface area contributed by atoms with Crippen LogP contribution in [0.2, 0.25) is 0 Å². The van der Waals surface area contributed by atoms with Crippen molar-refractivity contribution in [3.8, 4) is 0 Å². The van der Waals surface area contributed by atoms with Crippen molar-refractivity contribution in [3.05, 3.63) is 24.3 Å². The molecule has 2 nitrogen and oxygen atoms in total. The van der Waals surface area contributed by atoms with Crippen molar-refractivity contribution in [2.75, 3.05) is 0 Å². The molecule has 0 aliphatic heterocycles. The minimum atomic E-state index is 0.0362. The molecule has 20 heavy (non-hydrogen) atoms. The second-order valence-corrected chi connectivity index (χ2v) is 6.14. The Morgan fingerprint density at radius 3 is 2.30 bits per heavy atom. The largest absolute Gasteiger partial charge is 0.462 e. The Labute approximate surface area is 123 Å². The van der Waals surface area contributed by atoms with Crippen LogP contribution in [0.25, 0.3) is 0 Å². The first-order chi connectivity index (χ1) is 9.84. The third-order valence-corrected chi connectivity index (χ3v) is 4.36. The van der Waals surface area contributed by atoms with Gasteiger partial charge in [-0.1, -0.05) is 24.3 Å². The maximum absolute atomic E-state index is 12.1. The molecule has 112 valence electrons. The Hall–Kier alpha value is -1.05. The highest BCUT2D eigenvalue weighted by Gasteiger charge is 2.19. The first-order valence-corrected chi connectivity index (χ1v) is 8.34. The summed E-state index contributed by atoms with van der Waals surface area (Å²) in [6.07, 6.45) is 20.9. The summed E-state index contributed by atoms with van der Waals surface area (Å²) in [4.78, 5) is 12.1. The lowest BCUT2D eigenvalue weighted by atomic mass is 9.91. The smallest absolute Gasteiger partial charge is 0.306 e. The van der Waals surface area contributed by atoms with E-state index in [1.54, 1.807) is 0 Å². The number of hydrogen-bond donors (Lipinski definition) is 0. The van der Waals surface area contributed by atoms with E-state index in [0.717, 1.165) is 44.9 Å². The first kappa shape index (κ1) is 15.3. The molecule has 0 radical (unpaired) electrons. The molecule has 2 rings (SSSR count). The molecule has 0 saturated heterocycles. The summed E-state index contributed by atoms with van der Waals surface area (Å²) in [6, 6.07) is 0. The van der Waals surface area contributed by atoms with E-state index in [2.05, 4.69) is 24.3 Å². The van der Waals surface area contributed by atoms with Gasteiger partial charge in [-0.3, -0.25) is 4.79 Å². The molecule has 2 heteroatoms. The summed E-state index contributed by atoms with van der Waals surface area (Å²) in [5, 5.41) is 0. The minimum Gasteiger partial charge on any atom is -0.462 e. The Morgan fingerprint density at radius 1 is 0.850 bits per heavy atom. The van der Waals surface area contributed by atoms with Gasteiger partial charge in [0, 0.05) is 6.42 Å². The predicted octanol–water partition coefficient (Wildman–Crippen LogP) is 4.95. The van der Waals surface area contributed by atoms with Crippen LogP contribution >= 0.6 is 0 Å². The molecule has 0 aromatic heterocycles. The zero-order valence-corrected chi connectivity index (χ0v) is 12.6. The number of esters is 1. The van der Waals surface area contributed by atoms with Crippen LogP contribution in [0.1, 0.15) is 70.6 Å². The zero-order valence-electron chi connectivity index (χ0n) is 12.6. The lowest BCUT2D eigenvalue weighted by molar-refractivity contribution is -0.151. The van der Waals surface area contributed by atoms with E-state index in [1.807, 2.05) is 0 Å². The van der Waals surface area contributed by atoms with Gasteiger partial charge >= 0.3 is 5.97 Å². The highest BCUT2D eigenvalue weighted by atomic mass is 16.5. The van der Waals surface area contributed by atoms with Crippen molar-refractivity contribution in [1.82, 2.24) is 0 Å². The van der Waals surface area contributed by atoms with Crippen LogP contribution in [0.3, 0.4) is 0 Å². The van der Waals surface area contributed by atoms with Crippen LogP contribution in [0, 0.1) is 5.92 Å². The summed E-state index contributed by atoms with van der Waals surface area (Å²) < 4.78 is 5.71. The number of rotatable bonds is 3. The summed E-state index contributed by atoms with van der Waals surface area (Å²) in [6.45, 7) is 0. The summed E-state index contributed by atoms with van der Waals surface area (Å²) in [5.74, 6) is 0.565. The SMILES string of the molecule is O=C(CC1CC/C=C\CCC1)OC1CC/C=C\CCC1. The fraction of sp³-hybridized carbons (Fsp3) is 0.722. The molecular weight excluding hydrogens is 248 g/mol. The van der Waals surface area contributed by atoms with Crippen LogP contribution in [0.4, 0.5) is 0 Å². The third-order valence-electron chi connectivity index (χ3n) is 4.36. The minimum absolute atomic E-state index is 0.0362. The van der Waals surface area contributed by atoms with Gasteiger partial charge in [0.1, 0.15) is 6.10 Å². The molecule has 0 saturated carbocycles. The molecule has 2 atom stereocenters. The lowest BCUT2D eigenvalue weighted by Gasteiger charge is -2.21. The quantitative estimate of drug-likeness (QED) is 0.539. The second-order valence-electron chi connectivity index (χ2n) is 6.14. The van der Waals surface area contributed by atoms with E-state index >= 15 is 0 Å². The van der Waals surface area contributed by atoms with E-state index < -0.39 is 0 Å². The number of ether oxygens (including phenoxy) is 1. The Balaban J connectivity index is 1.73. The van der Waals surface area contributed by atoms with Gasteiger partial charge in [0.2, 0.25) is 0 Å². The van der Waals surface area contributed by atoms with Gasteiger partial charge in [-0.15, -0.1) is 0 Å². The normalized spacial score (nSPS) is 31.2. The molecule has 0 spiro atoms. The lowest BCUT2D eigenvalue weighted by Crippen LogP contribution is -2.21. The molecule has 0 aromatic rings. The maximum Gasteiger partial charge on any atom is 0.306 e. The fourth-order valence-electron chi connectivity index (χ4n) is 3.15. The van der Waals surface area contributed by atoms with Crippen molar-refractivity contribution < 1.29 is 9.53 Å². The van der Waals surface area contributed by atoms with Crippen LogP contribution in [-0.4, -0.2) is 12.1 Å². The molecule has 0 heterocycles. The highest BCUT2D eigenvalue weighted by Crippen LogP contribution is 2.23. The van der Waals surface area contributed by atoms with Gasteiger partial charge in [0.05, 0.1) is 0 Å². The molecule has 0 amide bonds. The predicted molar refractivity (Wildman–Crippen MR) is 82.4 cm³/mol. The van der Waals surface area contributed by atoms with Crippen LogP contribution in [0.15, 0.2) is 24.3 Å². The van der Waals surface area contributed by atoms with Gasteiger partial charge < -0.3 is 4.74 Å². The Kier molecular flexibility index (Phi) is 6.90. The van der Waals surface area contributed by atoms with Crippen molar-refractivity contribution in [2.24, 2.45) is 5.92 Å². The third kappa shape index (κ3) is 5.94. The van der Waals surface area contributed by atoms with Crippen LogP contribution in [-0.2, 0) is 9.53 Å². The van der Waals surface area contributed by atoms with Crippen LogP contribution in [0.5, 0.6) is 0 Å².